The average Bonchev–Trinajstić information content (AvgIpc) is 3.29. The second kappa shape index (κ2) is 6.33. The molecule has 1 aromatic carbocycles. The third-order valence-corrected chi connectivity index (χ3v) is 5.10. The number of aromatic amines is 3. The molecule has 3 aromatic heterocycles. The van der Waals surface area contributed by atoms with E-state index in [1.807, 2.05) is 11.0 Å². The molecule has 0 aliphatic carbocycles. The van der Waals surface area contributed by atoms with Gasteiger partial charge in [0, 0.05) is 26.2 Å². The molecule has 1 fully saturated rings. The smallest absolute Gasteiger partial charge is 0.325 e. The molecule has 0 atom stereocenters. The standard InChI is InChI=1S/C18H17FN8O2/c19-9-5-11(15(20)28)14-12(6-9)22-17(24-14)27-3-1-26(2-4-27)10-7-13-16(21-8-10)25-18(29)23-13/h5-8H,1-4H2,(H2,20,28)(H,22,24)(H2,21,23,25,29). The van der Waals surface area contributed by atoms with Gasteiger partial charge in [0.1, 0.15) is 11.3 Å². The van der Waals surface area contributed by atoms with Crippen LogP contribution >= 0.6 is 0 Å². The number of H-pyrrole nitrogens is 3. The number of primary amides is 1. The summed E-state index contributed by atoms with van der Waals surface area (Å²) in [5.74, 6) is -0.698. The van der Waals surface area contributed by atoms with Gasteiger partial charge in [0.2, 0.25) is 5.95 Å². The van der Waals surface area contributed by atoms with Gasteiger partial charge in [0.15, 0.2) is 5.65 Å². The Balaban J connectivity index is 1.37. The Morgan fingerprint density at radius 3 is 2.55 bits per heavy atom. The van der Waals surface area contributed by atoms with Crippen molar-refractivity contribution in [1.82, 2.24) is 24.9 Å². The Morgan fingerprint density at radius 1 is 1.03 bits per heavy atom. The normalized spacial score (nSPS) is 14.8. The van der Waals surface area contributed by atoms with Gasteiger partial charge in [-0.1, -0.05) is 0 Å². The average molecular weight is 396 g/mol. The van der Waals surface area contributed by atoms with E-state index in [0.29, 0.717) is 54.3 Å². The lowest BCUT2D eigenvalue weighted by Gasteiger charge is -2.35. The summed E-state index contributed by atoms with van der Waals surface area (Å²) in [4.78, 5) is 44.3. The number of carbonyl (C=O) groups excluding carboxylic acids is 1. The number of hydrogen-bond donors (Lipinski definition) is 4. The van der Waals surface area contributed by atoms with E-state index in [-0.39, 0.29) is 11.3 Å². The highest BCUT2D eigenvalue weighted by molar-refractivity contribution is 6.04. The minimum Gasteiger partial charge on any atom is -0.367 e. The van der Waals surface area contributed by atoms with Crippen molar-refractivity contribution >= 4 is 39.7 Å². The molecule has 1 aliphatic rings. The first-order valence-electron chi connectivity index (χ1n) is 9.05. The van der Waals surface area contributed by atoms with Crippen LogP contribution in [0.15, 0.2) is 29.2 Å². The summed E-state index contributed by atoms with van der Waals surface area (Å²) < 4.78 is 13.8. The van der Waals surface area contributed by atoms with Gasteiger partial charge in [-0.25, -0.2) is 19.2 Å². The van der Waals surface area contributed by atoms with Crippen LogP contribution in [0.3, 0.4) is 0 Å². The van der Waals surface area contributed by atoms with Crippen LogP contribution in [0.5, 0.6) is 0 Å². The lowest BCUT2D eigenvalue weighted by Crippen LogP contribution is -2.47. The lowest BCUT2D eigenvalue weighted by atomic mass is 10.1. The van der Waals surface area contributed by atoms with Crippen molar-refractivity contribution < 1.29 is 9.18 Å². The molecular weight excluding hydrogens is 379 g/mol. The SMILES string of the molecule is NC(=O)c1cc(F)cc2[nH]c(N3CCN(c4cnc5[nH]c(=O)[nH]c5c4)CC3)nc12. The van der Waals surface area contributed by atoms with Crippen LogP contribution in [0.4, 0.5) is 16.0 Å². The molecule has 5 rings (SSSR count). The van der Waals surface area contributed by atoms with Crippen LogP contribution in [0.25, 0.3) is 22.2 Å². The summed E-state index contributed by atoms with van der Waals surface area (Å²) in [7, 11) is 0. The van der Waals surface area contributed by atoms with Gasteiger partial charge in [-0.15, -0.1) is 0 Å². The lowest BCUT2D eigenvalue weighted by molar-refractivity contribution is 0.100. The molecular formula is C18H17FN8O2. The van der Waals surface area contributed by atoms with Gasteiger partial charge in [-0.3, -0.25) is 9.78 Å². The molecule has 29 heavy (non-hydrogen) atoms. The number of imidazole rings is 2. The molecule has 11 heteroatoms. The Kier molecular flexibility index (Phi) is 3.76. The Bertz CT molecular complexity index is 1300. The summed E-state index contributed by atoms with van der Waals surface area (Å²) >= 11 is 0. The summed E-state index contributed by atoms with van der Waals surface area (Å²) in [6, 6.07) is 4.29. The minimum atomic E-state index is -0.719. The fourth-order valence-corrected chi connectivity index (χ4v) is 3.67. The maximum atomic E-state index is 13.8. The van der Waals surface area contributed by atoms with Gasteiger partial charge < -0.3 is 25.5 Å². The molecule has 1 amide bonds. The van der Waals surface area contributed by atoms with Crippen LogP contribution in [0.1, 0.15) is 10.4 Å². The first-order chi connectivity index (χ1) is 14.0. The number of benzene rings is 1. The Hall–Kier alpha value is -3.89. The monoisotopic (exact) mass is 396 g/mol. The van der Waals surface area contributed by atoms with Crippen molar-refractivity contribution in [1.29, 1.82) is 0 Å². The number of pyridine rings is 1. The number of halogens is 1. The van der Waals surface area contributed by atoms with Gasteiger partial charge in [-0.2, -0.15) is 0 Å². The number of hydrogen-bond acceptors (Lipinski definition) is 6. The van der Waals surface area contributed by atoms with E-state index in [4.69, 9.17) is 5.73 Å². The minimum absolute atomic E-state index is 0.0565. The van der Waals surface area contributed by atoms with Crippen molar-refractivity contribution in [3.8, 4) is 0 Å². The number of amides is 1. The van der Waals surface area contributed by atoms with Gasteiger partial charge in [-0.05, 0) is 18.2 Å². The van der Waals surface area contributed by atoms with Gasteiger partial charge in [0.05, 0.1) is 28.5 Å². The van der Waals surface area contributed by atoms with Crippen molar-refractivity contribution in [2.45, 2.75) is 0 Å². The van der Waals surface area contributed by atoms with E-state index >= 15 is 0 Å². The second-order valence-electron chi connectivity index (χ2n) is 6.92. The van der Waals surface area contributed by atoms with Crippen LogP contribution in [0.2, 0.25) is 0 Å². The molecule has 10 nitrogen and oxygen atoms in total. The van der Waals surface area contributed by atoms with E-state index in [2.05, 4.69) is 29.8 Å². The number of aromatic nitrogens is 5. The Morgan fingerprint density at radius 2 is 1.79 bits per heavy atom. The highest BCUT2D eigenvalue weighted by Crippen LogP contribution is 2.24. The number of piperazine rings is 1. The van der Waals surface area contributed by atoms with Crippen molar-refractivity contribution in [2.75, 3.05) is 36.0 Å². The zero-order valence-corrected chi connectivity index (χ0v) is 15.2. The zero-order chi connectivity index (χ0) is 20.1. The van der Waals surface area contributed by atoms with Crippen molar-refractivity contribution in [2.24, 2.45) is 5.73 Å². The van der Waals surface area contributed by atoms with E-state index in [0.717, 1.165) is 11.8 Å². The summed E-state index contributed by atoms with van der Waals surface area (Å²) in [5, 5.41) is 0. The van der Waals surface area contributed by atoms with Crippen LogP contribution in [-0.2, 0) is 0 Å². The number of nitrogens with zero attached hydrogens (tertiary/aromatic N) is 4. The molecule has 4 heterocycles. The first-order valence-corrected chi connectivity index (χ1v) is 9.05. The fourth-order valence-electron chi connectivity index (χ4n) is 3.67. The number of anilines is 2. The maximum Gasteiger partial charge on any atom is 0.325 e. The zero-order valence-electron chi connectivity index (χ0n) is 15.2. The molecule has 1 saturated heterocycles. The highest BCUT2D eigenvalue weighted by atomic mass is 19.1. The largest absolute Gasteiger partial charge is 0.367 e. The van der Waals surface area contributed by atoms with Crippen LogP contribution < -0.4 is 21.2 Å². The molecule has 0 radical (unpaired) electrons. The van der Waals surface area contributed by atoms with Crippen LogP contribution in [0, 0.1) is 5.82 Å². The molecule has 0 saturated carbocycles. The maximum absolute atomic E-state index is 13.8. The number of nitrogens with two attached hydrogens (primary N) is 1. The predicted molar refractivity (Wildman–Crippen MR) is 106 cm³/mol. The first kappa shape index (κ1) is 17.2. The second-order valence-corrected chi connectivity index (χ2v) is 6.92. The van der Waals surface area contributed by atoms with Gasteiger partial charge in [0.25, 0.3) is 5.91 Å². The van der Waals surface area contributed by atoms with Crippen molar-refractivity contribution in [3.63, 3.8) is 0 Å². The summed E-state index contributed by atoms with van der Waals surface area (Å²) in [6.45, 7) is 2.73. The fraction of sp³-hybridized carbons (Fsp3) is 0.222. The number of carbonyl (C=O) groups is 1. The van der Waals surface area contributed by atoms with Crippen molar-refractivity contribution in [3.05, 3.63) is 46.3 Å². The number of nitrogens with one attached hydrogen (secondary N) is 3. The molecule has 0 bridgehead atoms. The van der Waals surface area contributed by atoms with E-state index in [1.165, 1.54) is 6.07 Å². The predicted octanol–water partition coefficient (Wildman–Crippen LogP) is 0.692. The highest BCUT2D eigenvalue weighted by Gasteiger charge is 2.22. The van der Waals surface area contributed by atoms with E-state index < -0.39 is 11.7 Å². The third-order valence-electron chi connectivity index (χ3n) is 5.10. The summed E-state index contributed by atoms with van der Waals surface area (Å²) in [6.07, 6.45) is 1.73. The molecule has 0 unspecified atom stereocenters. The quantitative estimate of drug-likeness (QED) is 0.402. The van der Waals surface area contributed by atoms with E-state index in [1.54, 1.807) is 6.20 Å². The van der Waals surface area contributed by atoms with E-state index in [9.17, 15) is 14.0 Å². The molecule has 148 valence electrons. The van der Waals surface area contributed by atoms with Crippen LogP contribution in [-0.4, -0.2) is 57.0 Å². The van der Waals surface area contributed by atoms with Gasteiger partial charge >= 0.3 is 5.69 Å². The molecule has 5 N–H and O–H groups in total. The number of fused-ring (bicyclic) bond motifs is 2. The third kappa shape index (κ3) is 2.96. The topological polar surface area (TPSA) is 140 Å². The molecule has 4 aromatic rings. The summed E-state index contributed by atoms with van der Waals surface area (Å²) in [5.41, 5.74) is 8.01. The molecule has 0 spiro atoms. The number of rotatable bonds is 3. The molecule has 1 aliphatic heterocycles. The Labute approximate surface area is 162 Å².